The van der Waals surface area contributed by atoms with Crippen molar-refractivity contribution < 1.29 is 9.53 Å². The predicted octanol–water partition coefficient (Wildman–Crippen LogP) is 2.03. The highest BCUT2D eigenvalue weighted by molar-refractivity contribution is 9.10. The molecule has 0 unspecified atom stereocenters. The van der Waals surface area contributed by atoms with E-state index >= 15 is 0 Å². The largest absolute Gasteiger partial charge is 0.375 e. The molecule has 0 radical (unpaired) electrons. The van der Waals surface area contributed by atoms with Crippen LogP contribution in [0.2, 0.25) is 0 Å². The molecule has 1 aliphatic heterocycles. The lowest BCUT2D eigenvalue weighted by molar-refractivity contribution is -0.0388. The fourth-order valence-electron chi connectivity index (χ4n) is 1.83. The fraction of sp³-hybridized carbons (Fsp3) is 0.545. The first-order valence-electron chi connectivity index (χ1n) is 5.34. The molecule has 1 saturated heterocycles. The van der Waals surface area contributed by atoms with Crippen LogP contribution in [0, 0.1) is 0 Å². The van der Waals surface area contributed by atoms with Gasteiger partial charge in [0.1, 0.15) is 5.69 Å². The molecule has 0 aliphatic carbocycles. The second-order valence-corrected chi connectivity index (χ2v) is 5.10. The number of aromatic nitrogens is 1. The minimum atomic E-state index is 0.0355. The molecule has 2 atom stereocenters. The van der Waals surface area contributed by atoms with Crippen molar-refractivity contribution in [2.75, 3.05) is 13.2 Å². The number of morpholine rings is 1. The minimum Gasteiger partial charge on any atom is -0.375 e. The standard InChI is InChI=1S/C11H15BrN2O2/c1-7-6-16-8(2)5-14(7)11(15)10-3-9(12)4-13-10/h3-4,7-8,13H,5-6H2,1-2H3/t7-,8-/m0/s1. The Balaban J connectivity index is 2.14. The molecule has 1 aromatic heterocycles. The van der Waals surface area contributed by atoms with Crippen molar-refractivity contribution in [3.05, 3.63) is 22.4 Å². The van der Waals surface area contributed by atoms with Crippen LogP contribution < -0.4 is 0 Å². The van der Waals surface area contributed by atoms with Crippen molar-refractivity contribution >= 4 is 21.8 Å². The topological polar surface area (TPSA) is 45.3 Å². The summed E-state index contributed by atoms with van der Waals surface area (Å²) >= 11 is 3.32. The zero-order chi connectivity index (χ0) is 11.7. The van der Waals surface area contributed by atoms with Crippen LogP contribution in [0.4, 0.5) is 0 Å². The molecule has 1 fully saturated rings. The number of carbonyl (C=O) groups is 1. The minimum absolute atomic E-state index is 0.0355. The van der Waals surface area contributed by atoms with E-state index in [0.29, 0.717) is 18.8 Å². The van der Waals surface area contributed by atoms with Gasteiger partial charge >= 0.3 is 0 Å². The lowest BCUT2D eigenvalue weighted by Crippen LogP contribution is -2.50. The van der Waals surface area contributed by atoms with Gasteiger partial charge in [-0.05, 0) is 35.8 Å². The monoisotopic (exact) mass is 286 g/mol. The number of hydrogen-bond donors (Lipinski definition) is 1. The first-order chi connectivity index (χ1) is 7.58. The summed E-state index contributed by atoms with van der Waals surface area (Å²) in [7, 11) is 0. The molecule has 0 bridgehead atoms. The average molecular weight is 287 g/mol. The van der Waals surface area contributed by atoms with E-state index in [1.807, 2.05) is 18.7 Å². The van der Waals surface area contributed by atoms with Gasteiger partial charge in [-0.1, -0.05) is 0 Å². The number of nitrogens with zero attached hydrogens (tertiary/aromatic N) is 1. The smallest absolute Gasteiger partial charge is 0.270 e. The van der Waals surface area contributed by atoms with Gasteiger partial charge in [-0.2, -0.15) is 0 Å². The van der Waals surface area contributed by atoms with Crippen molar-refractivity contribution in [1.82, 2.24) is 9.88 Å². The number of H-pyrrole nitrogens is 1. The maximum atomic E-state index is 12.2. The van der Waals surface area contributed by atoms with Gasteiger partial charge in [0.25, 0.3) is 5.91 Å². The third-order valence-corrected chi connectivity index (χ3v) is 3.20. The number of amides is 1. The summed E-state index contributed by atoms with van der Waals surface area (Å²) in [6.07, 6.45) is 1.88. The molecule has 5 heteroatoms. The van der Waals surface area contributed by atoms with Gasteiger partial charge < -0.3 is 14.6 Å². The molecule has 88 valence electrons. The highest BCUT2D eigenvalue weighted by Crippen LogP contribution is 2.17. The van der Waals surface area contributed by atoms with Crippen LogP contribution in [0.5, 0.6) is 0 Å². The predicted molar refractivity (Wildman–Crippen MR) is 64.4 cm³/mol. The summed E-state index contributed by atoms with van der Waals surface area (Å²) in [5.41, 5.74) is 0.618. The van der Waals surface area contributed by atoms with Gasteiger partial charge in [-0.25, -0.2) is 0 Å². The Morgan fingerprint density at radius 3 is 3.00 bits per heavy atom. The summed E-state index contributed by atoms with van der Waals surface area (Å²) in [6, 6.07) is 1.93. The maximum absolute atomic E-state index is 12.2. The van der Waals surface area contributed by atoms with Gasteiger partial charge in [-0.3, -0.25) is 4.79 Å². The molecule has 16 heavy (non-hydrogen) atoms. The Labute approximate surface area is 103 Å². The Morgan fingerprint density at radius 2 is 2.38 bits per heavy atom. The fourth-order valence-corrected chi connectivity index (χ4v) is 2.18. The highest BCUT2D eigenvalue weighted by Gasteiger charge is 2.28. The zero-order valence-electron chi connectivity index (χ0n) is 9.37. The van der Waals surface area contributed by atoms with E-state index in [1.165, 1.54) is 0 Å². The van der Waals surface area contributed by atoms with E-state index < -0.39 is 0 Å². The van der Waals surface area contributed by atoms with Crippen molar-refractivity contribution in [2.24, 2.45) is 0 Å². The maximum Gasteiger partial charge on any atom is 0.270 e. The molecule has 1 N–H and O–H groups in total. The molecular formula is C11H15BrN2O2. The zero-order valence-corrected chi connectivity index (χ0v) is 11.0. The second-order valence-electron chi connectivity index (χ2n) is 4.18. The molecule has 0 spiro atoms. The first kappa shape index (κ1) is 11.7. The van der Waals surface area contributed by atoms with Crippen molar-refractivity contribution in [1.29, 1.82) is 0 Å². The molecule has 4 nitrogen and oxygen atoms in total. The Bertz CT molecular complexity index is 391. The van der Waals surface area contributed by atoms with E-state index in [4.69, 9.17) is 4.74 Å². The highest BCUT2D eigenvalue weighted by atomic mass is 79.9. The molecule has 2 heterocycles. The quantitative estimate of drug-likeness (QED) is 0.859. The third-order valence-electron chi connectivity index (χ3n) is 2.75. The summed E-state index contributed by atoms with van der Waals surface area (Å²) in [6.45, 7) is 5.24. The van der Waals surface area contributed by atoms with Gasteiger partial charge in [0.15, 0.2) is 0 Å². The van der Waals surface area contributed by atoms with E-state index in [-0.39, 0.29) is 18.1 Å². The van der Waals surface area contributed by atoms with Crippen LogP contribution in [0.1, 0.15) is 24.3 Å². The number of ether oxygens (including phenoxy) is 1. The molecule has 1 aliphatic rings. The SMILES string of the molecule is C[C@H]1CN(C(=O)c2cc(Br)c[nH]2)[C@@H](C)CO1. The second kappa shape index (κ2) is 4.59. The Hall–Kier alpha value is -0.810. The number of rotatable bonds is 1. The van der Waals surface area contributed by atoms with Gasteiger partial charge in [0.05, 0.1) is 18.8 Å². The summed E-state index contributed by atoms with van der Waals surface area (Å²) in [5.74, 6) is 0.0355. The van der Waals surface area contributed by atoms with Crippen molar-refractivity contribution in [3.8, 4) is 0 Å². The van der Waals surface area contributed by atoms with Crippen LogP contribution in [-0.4, -0.2) is 41.1 Å². The summed E-state index contributed by atoms with van der Waals surface area (Å²) in [4.78, 5) is 17.0. The van der Waals surface area contributed by atoms with E-state index in [1.54, 1.807) is 12.3 Å². The van der Waals surface area contributed by atoms with Gasteiger partial charge in [0.2, 0.25) is 0 Å². The molecule has 0 aromatic carbocycles. The van der Waals surface area contributed by atoms with Crippen molar-refractivity contribution in [2.45, 2.75) is 26.0 Å². The van der Waals surface area contributed by atoms with Gasteiger partial charge in [-0.15, -0.1) is 0 Å². The van der Waals surface area contributed by atoms with E-state index in [0.717, 1.165) is 4.47 Å². The van der Waals surface area contributed by atoms with Crippen LogP contribution in [0.25, 0.3) is 0 Å². The Kier molecular flexibility index (Phi) is 3.35. The number of aromatic amines is 1. The summed E-state index contributed by atoms with van der Waals surface area (Å²) in [5, 5.41) is 0. The van der Waals surface area contributed by atoms with Crippen LogP contribution in [0.3, 0.4) is 0 Å². The Morgan fingerprint density at radius 1 is 1.62 bits per heavy atom. The number of carbonyl (C=O) groups excluding carboxylic acids is 1. The number of nitrogens with one attached hydrogen (secondary N) is 1. The average Bonchev–Trinajstić information content (AvgIpc) is 2.67. The summed E-state index contributed by atoms with van der Waals surface area (Å²) < 4.78 is 6.39. The molecule has 2 rings (SSSR count). The van der Waals surface area contributed by atoms with Gasteiger partial charge in [0, 0.05) is 17.2 Å². The normalized spacial score (nSPS) is 25.8. The van der Waals surface area contributed by atoms with E-state index in [2.05, 4.69) is 20.9 Å². The molecule has 1 aromatic rings. The number of halogens is 1. The van der Waals surface area contributed by atoms with Crippen molar-refractivity contribution in [3.63, 3.8) is 0 Å². The molecular weight excluding hydrogens is 272 g/mol. The number of hydrogen-bond acceptors (Lipinski definition) is 2. The van der Waals surface area contributed by atoms with Crippen LogP contribution >= 0.6 is 15.9 Å². The first-order valence-corrected chi connectivity index (χ1v) is 6.13. The van der Waals surface area contributed by atoms with Crippen LogP contribution in [0.15, 0.2) is 16.7 Å². The van der Waals surface area contributed by atoms with E-state index in [9.17, 15) is 4.79 Å². The lowest BCUT2D eigenvalue weighted by Gasteiger charge is -2.36. The molecule has 1 amide bonds. The third kappa shape index (κ3) is 2.30. The lowest BCUT2D eigenvalue weighted by atomic mass is 10.2. The molecule has 0 saturated carbocycles. The van der Waals surface area contributed by atoms with Crippen LogP contribution in [-0.2, 0) is 4.74 Å².